The van der Waals surface area contributed by atoms with Crippen molar-refractivity contribution in [3.05, 3.63) is 41.5 Å². The van der Waals surface area contributed by atoms with Crippen molar-refractivity contribution < 1.29 is 9.47 Å². The second-order valence-corrected chi connectivity index (χ2v) is 4.93. The molecule has 3 nitrogen and oxygen atoms in total. The summed E-state index contributed by atoms with van der Waals surface area (Å²) in [4.78, 5) is 0. The Morgan fingerprint density at radius 3 is 2.79 bits per heavy atom. The van der Waals surface area contributed by atoms with Gasteiger partial charge in [0.2, 0.25) is 0 Å². The highest BCUT2D eigenvalue weighted by Gasteiger charge is 2.10. The van der Waals surface area contributed by atoms with Crippen LogP contribution in [0.2, 0.25) is 0 Å². The van der Waals surface area contributed by atoms with Crippen LogP contribution in [0, 0.1) is 6.92 Å². The van der Waals surface area contributed by atoms with Crippen molar-refractivity contribution >= 4 is 0 Å². The van der Waals surface area contributed by atoms with Crippen LogP contribution in [-0.2, 0) is 4.74 Å². The second kappa shape index (κ2) is 7.97. The molecule has 0 saturated heterocycles. The van der Waals surface area contributed by atoms with Crippen molar-refractivity contribution in [2.24, 2.45) is 0 Å². The highest BCUT2D eigenvalue weighted by atomic mass is 16.5. The number of hydrogen-bond acceptors (Lipinski definition) is 3. The third-order valence-electron chi connectivity index (χ3n) is 2.90. The number of benzene rings is 1. The van der Waals surface area contributed by atoms with Gasteiger partial charge in [-0.05, 0) is 32.4 Å². The summed E-state index contributed by atoms with van der Waals surface area (Å²) in [6.07, 6.45) is 0. The molecule has 0 amide bonds. The lowest BCUT2D eigenvalue weighted by atomic mass is 10.1. The van der Waals surface area contributed by atoms with Gasteiger partial charge < -0.3 is 14.8 Å². The molecule has 0 radical (unpaired) electrons. The Morgan fingerprint density at radius 1 is 1.42 bits per heavy atom. The van der Waals surface area contributed by atoms with Gasteiger partial charge in [-0.1, -0.05) is 24.3 Å². The van der Waals surface area contributed by atoms with Crippen molar-refractivity contribution in [1.29, 1.82) is 0 Å². The van der Waals surface area contributed by atoms with Crippen LogP contribution >= 0.6 is 0 Å². The highest BCUT2D eigenvalue weighted by Crippen LogP contribution is 2.25. The minimum Gasteiger partial charge on any atom is -0.496 e. The Morgan fingerprint density at radius 2 is 2.16 bits per heavy atom. The standard InChI is InChI=1S/C16H25NO2/c1-12(2)11-19-9-8-17-14(4)15-7-6-13(3)10-16(15)18-5/h6-7,10,14,17H,1,8-9,11H2,2-5H3. The number of methoxy groups -OCH3 is 1. The fraction of sp³-hybridized carbons (Fsp3) is 0.500. The summed E-state index contributed by atoms with van der Waals surface area (Å²) >= 11 is 0. The minimum atomic E-state index is 0.240. The summed E-state index contributed by atoms with van der Waals surface area (Å²) in [5.41, 5.74) is 3.43. The molecule has 1 rings (SSSR count). The van der Waals surface area contributed by atoms with Crippen LogP contribution in [0.3, 0.4) is 0 Å². The fourth-order valence-corrected chi connectivity index (χ4v) is 1.88. The lowest BCUT2D eigenvalue weighted by Crippen LogP contribution is -2.24. The molecule has 0 aliphatic heterocycles. The molecule has 0 aliphatic carbocycles. The van der Waals surface area contributed by atoms with Gasteiger partial charge in [-0.2, -0.15) is 0 Å². The van der Waals surface area contributed by atoms with Gasteiger partial charge in [0.25, 0.3) is 0 Å². The van der Waals surface area contributed by atoms with Gasteiger partial charge in [0.05, 0.1) is 20.3 Å². The van der Waals surface area contributed by atoms with Crippen LogP contribution in [0.4, 0.5) is 0 Å². The largest absolute Gasteiger partial charge is 0.496 e. The predicted octanol–water partition coefficient (Wildman–Crippen LogP) is 3.25. The molecule has 0 aromatic heterocycles. The maximum absolute atomic E-state index is 5.46. The molecule has 0 heterocycles. The molecular formula is C16H25NO2. The van der Waals surface area contributed by atoms with E-state index in [9.17, 15) is 0 Å². The average Bonchev–Trinajstić information content (AvgIpc) is 2.37. The van der Waals surface area contributed by atoms with Crippen LogP contribution in [0.25, 0.3) is 0 Å². The van der Waals surface area contributed by atoms with Crippen LogP contribution in [0.15, 0.2) is 30.4 Å². The number of aryl methyl sites for hydroxylation is 1. The van der Waals surface area contributed by atoms with Crippen molar-refractivity contribution in [3.8, 4) is 5.75 Å². The first-order valence-corrected chi connectivity index (χ1v) is 6.64. The van der Waals surface area contributed by atoms with Gasteiger partial charge in [0.15, 0.2) is 0 Å². The van der Waals surface area contributed by atoms with Gasteiger partial charge in [-0.25, -0.2) is 0 Å². The van der Waals surface area contributed by atoms with Crippen LogP contribution in [-0.4, -0.2) is 26.9 Å². The van der Waals surface area contributed by atoms with Crippen molar-refractivity contribution in [2.45, 2.75) is 26.8 Å². The zero-order valence-electron chi connectivity index (χ0n) is 12.5. The molecule has 19 heavy (non-hydrogen) atoms. The molecule has 106 valence electrons. The second-order valence-electron chi connectivity index (χ2n) is 4.93. The normalized spacial score (nSPS) is 12.2. The van der Waals surface area contributed by atoms with Gasteiger partial charge in [-0.3, -0.25) is 0 Å². The molecule has 1 aromatic carbocycles. The maximum Gasteiger partial charge on any atom is 0.123 e. The molecule has 1 N–H and O–H groups in total. The van der Waals surface area contributed by atoms with E-state index in [1.807, 2.05) is 6.92 Å². The lowest BCUT2D eigenvalue weighted by molar-refractivity contribution is 0.155. The van der Waals surface area contributed by atoms with E-state index in [2.05, 4.69) is 43.9 Å². The number of ether oxygens (including phenoxy) is 2. The molecule has 0 bridgehead atoms. The molecule has 0 spiro atoms. The maximum atomic E-state index is 5.46. The van der Waals surface area contributed by atoms with E-state index in [1.165, 1.54) is 11.1 Å². The van der Waals surface area contributed by atoms with E-state index in [1.54, 1.807) is 7.11 Å². The highest BCUT2D eigenvalue weighted by molar-refractivity contribution is 5.38. The topological polar surface area (TPSA) is 30.5 Å². The Labute approximate surface area is 116 Å². The quantitative estimate of drug-likeness (QED) is 0.577. The molecular weight excluding hydrogens is 238 g/mol. The Bertz CT molecular complexity index is 415. The van der Waals surface area contributed by atoms with Crippen molar-refractivity contribution in [1.82, 2.24) is 5.32 Å². The van der Waals surface area contributed by atoms with Crippen LogP contribution in [0.1, 0.15) is 31.0 Å². The van der Waals surface area contributed by atoms with Gasteiger partial charge in [0, 0.05) is 18.2 Å². The van der Waals surface area contributed by atoms with Gasteiger partial charge in [-0.15, -0.1) is 0 Å². The Kier molecular flexibility index (Phi) is 6.60. The smallest absolute Gasteiger partial charge is 0.123 e. The van der Waals surface area contributed by atoms with E-state index in [0.717, 1.165) is 17.9 Å². The molecule has 1 unspecified atom stereocenters. The van der Waals surface area contributed by atoms with Crippen LogP contribution < -0.4 is 10.1 Å². The summed E-state index contributed by atoms with van der Waals surface area (Å²) in [5, 5.41) is 3.43. The Hall–Kier alpha value is -1.32. The molecule has 1 atom stereocenters. The Balaban J connectivity index is 2.45. The van der Waals surface area contributed by atoms with E-state index in [0.29, 0.717) is 13.2 Å². The molecule has 3 heteroatoms. The predicted molar refractivity (Wildman–Crippen MR) is 79.8 cm³/mol. The first kappa shape index (κ1) is 15.7. The van der Waals surface area contributed by atoms with Crippen LogP contribution in [0.5, 0.6) is 5.75 Å². The third kappa shape index (κ3) is 5.45. The van der Waals surface area contributed by atoms with Gasteiger partial charge in [0.1, 0.15) is 5.75 Å². The number of hydrogen-bond donors (Lipinski definition) is 1. The monoisotopic (exact) mass is 263 g/mol. The van der Waals surface area contributed by atoms with E-state index >= 15 is 0 Å². The minimum absolute atomic E-state index is 0.240. The molecule has 1 aromatic rings. The summed E-state index contributed by atoms with van der Waals surface area (Å²) in [7, 11) is 1.71. The summed E-state index contributed by atoms with van der Waals surface area (Å²) in [6.45, 7) is 12.1. The van der Waals surface area contributed by atoms with E-state index in [-0.39, 0.29) is 6.04 Å². The first-order chi connectivity index (χ1) is 9.04. The zero-order chi connectivity index (χ0) is 14.3. The van der Waals surface area contributed by atoms with E-state index < -0.39 is 0 Å². The van der Waals surface area contributed by atoms with E-state index in [4.69, 9.17) is 9.47 Å². The molecule has 0 aliphatic rings. The summed E-state index contributed by atoms with van der Waals surface area (Å²) < 4.78 is 10.9. The van der Waals surface area contributed by atoms with Crippen molar-refractivity contribution in [2.75, 3.05) is 26.9 Å². The molecule has 0 saturated carbocycles. The number of rotatable bonds is 8. The van der Waals surface area contributed by atoms with Crippen molar-refractivity contribution in [3.63, 3.8) is 0 Å². The lowest BCUT2D eigenvalue weighted by Gasteiger charge is -2.18. The fourth-order valence-electron chi connectivity index (χ4n) is 1.88. The van der Waals surface area contributed by atoms with Gasteiger partial charge >= 0.3 is 0 Å². The summed E-state index contributed by atoms with van der Waals surface area (Å²) in [6, 6.07) is 6.52. The molecule has 0 fully saturated rings. The third-order valence-corrected chi connectivity index (χ3v) is 2.90. The summed E-state index contributed by atoms with van der Waals surface area (Å²) in [5.74, 6) is 0.933. The zero-order valence-corrected chi connectivity index (χ0v) is 12.5. The average molecular weight is 263 g/mol. The SMILES string of the molecule is C=C(C)COCCNC(C)c1ccc(C)cc1OC. The number of nitrogens with one attached hydrogen (secondary N) is 1. The first-order valence-electron chi connectivity index (χ1n) is 6.64.